The summed E-state index contributed by atoms with van der Waals surface area (Å²) in [5.41, 5.74) is 2.12. The molecule has 6 nitrogen and oxygen atoms in total. The predicted molar refractivity (Wildman–Crippen MR) is 95.9 cm³/mol. The van der Waals surface area contributed by atoms with Crippen LogP contribution in [0.4, 0.5) is 0 Å². The second-order valence-electron chi connectivity index (χ2n) is 7.04. The van der Waals surface area contributed by atoms with Gasteiger partial charge < -0.3 is 10.4 Å². The first-order valence-electron chi connectivity index (χ1n) is 8.96. The van der Waals surface area contributed by atoms with Crippen molar-refractivity contribution in [2.75, 3.05) is 6.61 Å². The van der Waals surface area contributed by atoms with Crippen molar-refractivity contribution in [1.82, 2.24) is 20.1 Å². The fraction of sp³-hybridized carbons (Fsp3) is 0.526. The van der Waals surface area contributed by atoms with Crippen LogP contribution >= 0.6 is 0 Å². The van der Waals surface area contributed by atoms with E-state index >= 15 is 0 Å². The highest BCUT2D eigenvalue weighted by molar-refractivity contribution is 5.90. The molecule has 0 saturated heterocycles. The normalized spacial score (nSPS) is 15.4. The molecule has 6 heteroatoms. The number of aromatic nitrogens is 3. The van der Waals surface area contributed by atoms with Crippen molar-refractivity contribution < 1.29 is 9.90 Å². The number of benzene rings is 1. The maximum absolute atomic E-state index is 12.5. The smallest absolute Gasteiger partial charge is 0.291 e. The first-order chi connectivity index (χ1) is 12.0. The van der Waals surface area contributed by atoms with Gasteiger partial charge in [-0.05, 0) is 49.7 Å². The Morgan fingerprint density at radius 3 is 2.72 bits per heavy atom. The number of carbonyl (C=O) groups excluding carboxylic acids is 1. The summed E-state index contributed by atoms with van der Waals surface area (Å²) in [6.45, 7) is 6.19. The molecule has 1 fully saturated rings. The van der Waals surface area contributed by atoms with Crippen LogP contribution in [0.3, 0.4) is 0 Å². The van der Waals surface area contributed by atoms with Gasteiger partial charge in [-0.3, -0.25) is 4.79 Å². The maximum Gasteiger partial charge on any atom is 0.291 e. The van der Waals surface area contributed by atoms with E-state index in [0.29, 0.717) is 24.1 Å². The molecule has 1 aliphatic rings. The van der Waals surface area contributed by atoms with E-state index in [9.17, 15) is 9.90 Å². The molecule has 0 bridgehead atoms. The molecule has 1 heterocycles. The van der Waals surface area contributed by atoms with Gasteiger partial charge in [0.25, 0.3) is 5.91 Å². The van der Waals surface area contributed by atoms with Gasteiger partial charge in [-0.2, -0.15) is 0 Å². The number of aliphatic hydroxyl groups excluding tert-OH is 1. The molecule has 2 aromatic rings. The number of rotatable bonds is 7. The standard InChI is InChI=1S/C19H26N4O2/c1-12(2)15-6-4-5-7-17(15)23-13(3)20-18(22-23)19(25)21-16(10-11-24)14-8-9-14/h4-7,12,14,16,24H,8-11H2,1-3H3,(H,21,25). The summed E-state index contributed by atoms with van der Waals surface area (Å²) in [6, 6.07) is 8.05. The molecule has 1 aromatic heterocycles. The molecular weight excluding hydrogens is 316 g/mol. The monoisotopic (exact) mass is 342 g/mol. The average molecular weight is 342 g/mol. The summed E-state index contributed by atoms with van der Waals surface area (Å²) in [7, 11) is 0. The molecule has 0 radical (unpaired) electrons. The van der Waals surface area contributed by atoms with E-state index < -0.39 is 0 Å². The summed E-state index contributed by atoms with van der Waals surface area (Å²) in [5.74, 6) is 1.42. The molecule has 3 rings (SSSR count). The lowest BCUT2D eigenvalue weighted by molar-refractivity contribution is 0.0913. The van der Waals surface area contributed by atoms with Gasteiger partial charge in [-0.25, -0.2) is 9.67 Å². The average Bonchev–Trinajstić information content (AvgIpc) is 3.36. The van der Waals surface area contributed by atoms with Crippen molar-refractivity contribution >= 4 is 5.91 Å². The van der Waals surface area contributed by atoms with Crippen LogP contribution in [0, 0.1) is 12.8 Å². The van der Waals surface area contributed by atoms with Gasteiger partial charge in [0.1, 0.15) is 5.82 Å². The van der Waals surface area contributed by atoms with Gasteiger partial charge in [0.2, 0.25) is 5.82 Å². The molecule has 1 aliphatic carbocycles. The zero-order chi connectivity index (χ0) is 18.0. The van der Waals surface area contributed by atoms with E-state index in [1.165, 1.54) is 5.56 Å². The van der Waals surface area contributed by atoms with Crippen molar-refractivity contribution in [2.24, 2.45) is 5.92 Å². The summed E-state index contributed by atoms with van der Waals surface area (Å²) in [5, 5.41) is 16.6. The zero-order valence-electron chi connectivity index (χ0n) is 15.1. The Morgan fingerprint density at radius 2 is 2.08 bits per heavy atom. The van der Waals surface area contributed by atoms with Crippen LogP contribution in [0.2, 0.25) is 0 Å². The van der Waals surface area contributed by atoms with Crippen LogP contribution in [0.15, 0.2) is 24.3 Å². The quantitative estimate of drug-likeness (QED) is 0.810. The van der Waals surface area contributed by atoms with Crippen LogP contribution in [0.5, 0.6) is 0 Å². The van der Waals surface area contributed by atoms with E-state index in [1.54, 1.807) is 4.68 Å². The van der Waals surface area contributed by atoms with Gasteiger partial charge in [-0.1, -0.05) is 32.0 Å². The summed E-state index contributed by atoms with van der Waals surface area (Å²) in [4.78, 5) is 16.9. The van der Waals surface area contributed by atoms with Crippen LogP contribution in [0.25, 0.3) is 5.69 Å². The lowest BCUT2D eigenvalue weighted by atomic mass is 10.0. The highest BCUT2D eigenvalue weighted by atomic mass is 16.3. The van der Waals surface area contributed by atoms with E-state index in [2.05, 4.69) is 35.3 Å². The Kier molecular flexibility index (Phi) is 5.18. The molecule has 2 N–H and O–H groups in total. The Morgan fingerprint density at radius 1 is 1.36 bits per heavy atom. The van der Waals surface area contributed by atoms with Crippen molar-refractivity contribution in [3.8, 4) is 5.69 Å². The fourth-order valence-corrected chi connectivity index (χ4v) is 3.18. The highest BCUT2D eigenvalue weighted by Crippen LogP contribution is 2.34. The number of carbonyl (C=O) groups is 1. The number of aryl methyl sites for hydroxylation is 1. The molecule has 0 aliphatic heterocycles. The molecule has 1 atom stereocenters. The van der Waals surface area contributed by atoms with Crippen molar-refractivity contribution in [2.45, 2.75) is 52.0 Å². The summed E-state index contributed by atoms with van der Waals surface area (Å²) >= 11 is 0. The fourth-order valence-electron chi connectivity index (χ4n) is 3.18. The lowest BCUT2D eigenvalue weighted by Crippen LogP contribution is -2.37. The van der Waals surface area contributed by atoms with Crippen LogP contribution in [-0.2, 0) is 0 Å². The number of nitrogens with zero attached hydrogens (tertiary/aromatic N) is 3. The molecule has 1 unspecified atom stereocenters. The van der Waals surface area contributed by atoms with Crippen LogP contribution in [-0.4, -0.2) is 38.4 Å². The Bertz CT molecular complexity index is 750. The number of hydrogen-bond donors (Lipinski definition) is 2. The minimum atomic E-state index is -0.269. The SMILES string of the molecule is Cc1nc(C(=O)NC(CCO)C2CC2)nn1-c1ccccc1C(C)C. The van der Waals surface area contributed by atoms with Crippen molar-refractivity contribution in [3.05, 3.63) is 41.5 Å². The van der Waals surface area contributed by atoms with Crippen molar-refractivity contribution in [3.63, 3.8) is 0 Å². The Labute approximate surface area is 148 Å². The van der Waals surface area contributed by atoms with Crippen LogP contribution < -0.4 is 5.32 Å². The number of nitrogens with one attached hydrogen (secondary N) is 1. The van der Waals surface area contributed by atoms with E-state index in [1.807, 2.05) is 25.1 Å². The van der Waals surface area contributed by atoms with Gasteiger partial charge in [0.15, 0.2) is 0 Å². The first kappa shape index (κ1) is 17.6. The second-order valence-corrected chi connectivity index (χ2v) is 7.04. The molecule has 1 aromatic carbocycles. The van der Waals surface area contributed by atoms with E-state index in [0.717, 1.165) is 18.5 Å². The molecule has 1 amide bonds. The molecule has 134 valence electrons. The minimum Gasteiger partial charge on any atom is -0.396 e. The van der Waals surface area contributed by atoms with E-state index in [4.69, 9.17) is 0 Å². The predicted octanol–water partition coefficient (Wildman–Crippen LogP) is 2.59. The second kappa shape index (κ2) is 7.35. The Balaban J connectivity index is 1.84. The van der Waals surface area contributed by atoms with E-state index in [-0.39, 0.29) is 24.4 Å². The number of aliphatic hydroxyl groups is 1. The molecule has 0 spiro atoms. The zero-order valence-corrected chi connectivity index (χ0v) is 15.1. The first-order valence-corrected chi connectivity index (χ1v) is 8.96. The summed E-state index contributed by atoms with van der Waals surface area (Å²) < 4.78 is 1.74. The van der Waals surface area contributed by atoms with Gasteiger partial charge >= 0.3 is 0 Å². The van der Waals surface area contributed by atoms with Gasteiger partial charge in [0.05, 0.1) is 5.69 Å². The lowest BCUT2D eigenvalue weighted by Gasteiger charge is -2.15. The van der Waals surface area contributed by atoms with Crippen LogP contribution in [0.1, 0.15) is 61.0 Å². The van der Waals surface area contributed by atoms with Gasteiger partial charge in [0, 0.05) is 12.6 Å². The molecular formula is C19H26N4O2. The number of amides is 1. The molecule has 1 saturated carbocycles. The minimum absolute atomic E-state index is 0.00714. The number of para-hydroxylation sites is 1. The topological polar surface area (TPSA) is 80.0 Å². The number of hydrogen-bond acceptors (Lipinski definition) is 4. The summed E-state index contributed by atoms with van der Waals surface area (Å²) in [6.07, 6.45) is 2.79. The maximum atomic E-state index is 12.5. The molecule has 25 heavy (non-hydrogen) atoms. The van der Waals surface area contributed by atoms with Gasteiger partial charge in [-0.15, -0.1) is 5.10 Å². The van der Waals surface area contributed by atoms with Crippen molar-refractivity contribution in [1.29, 1.82) is 0 Å². The third kappa shape index (κ3) is 3.90. The highest BCUT2D eigenvalue weighted by Gasteiger charge is 2.32. The Hall–Kier alpha value is -2.21. The largest absolute Gasteiger partial charge is 0.396 e. The third-order valence-corrected chi connectivity index (χ3v) is 4.71. The third-order valence-electron chi connectivity index (χ3n) is 4.71.